The Morgan fingerprint density at radius 3 is 2.48 bits per heavy atom. The number of ether oxygens (including phenoxy) is 1. The van der Waals surface area contributed by atoms with E-state index in [1.165, 1.54) is 11.3 Å². The Morgan fingerprint density at radius 1 is 1.00 bits per heavy atom. The lowest BCUT2D eigenvalue weighted by atomic mass is 10.1. The van der Waals surface area contributed by atoms with Crippen molar-refractivity contribution in [2.24, 2.45) is 0 Å². The van der Waals surface area contributed by atoms with Crippen LogP contribution in [0.4, 0.5) is 5.13 Å². The van der Waals surface area contributed by atoms with Crippen molar-refractivity contribution in [1.29, 1.82) is 0 Å². The van der Waals surface area contributed by atoms with Crippen molar-refractivity contribution < 1.29 is 9.53 Å². The molecular formula is C24H18N4O2S. The fourth-order valence-corrected chi connectivity index (χ4v) is 4.20. The van der Waals surface area contributed by atoms with Crippen molar-refractivity contribution in [2.45, 2.75) is 0 Å². The lowest BCUT2D eigenvalue weighted by molar-refractivity contribution is 0.102. The monoisotopic (exact) mass is 426 g/mol. The molecule has 31 heavy (non-hydrogen) atoms. The molecule has 0 saturated heterocycles. The first-order valence-corrected chi connectivity index (χ1v) is 10.5. The first-order valence-electron chi connectivity index (χ1n) is 9.68. The highest BCUT2D eigenvalue weighted by Gasteiger charge is 2.20. The van der Waals surface area contributed by atoms with Crippen LogP contribution in [-0.4, -0.2) is 27.8 Å². The van der Waals surface area contributed by atoms with Gasteiger partial charge in [0.2, 0.25) is 0 Å². The van der Waals surface area contributed by atoms with Crippen LogP contribution in [0.5, 0.6) is 5.75 Å². The highest BCUT2D eigenvalue weighted by atomic mass is 32.1. The minimum Gasteiger partial charge on any atom is -0.497 e. The normalized spacial score (nSPS) is 10.9. The Morgan fingerprint density at radius 2 is 1.74 bits per heavy atom. The first-order chi connectivity index (χ1) is 15.2. The summed E-state index contributed by atoms with van der Waals surface area (Å²) in [7, 11) is 1.63. The summed E-state index contributed by atoms with van der Waals surface area (Å²) in [4.78, 5) is 17.8. The number of anilines is 1. The third-order valence-corrected chi connectivity index (χ3v) is 5.78. The molecule has 2 heterocycles. The molecule has 6 nitrogen and oxygen atoms in total. The number of nitrogens with zero attached hydrogens (tertiary/aromatic N) is 3. The van der Waals surface area contributed by atoms with E-state index in [0.717, 1.165) is 27.2 Å². The molecule has 0 saturated carbocycles. The van der Waals surface area contributed by atoms with E-state index < -0.39 is 0 Å². The van der Waals surface area contributed by atoms with Gasteiger partial charge >= 0.3 is 0 Å². The molecule has 5 aromatic rings. The van der Waals surface area contributed by atoms with Crippen molar-refractivity contribution in [3.8, 4) is 22.7 Å². The number of fused-ring (bicyclic) bond motifs is 1. The molecule has 0 aliphatic rings. The fraction of sp³-hybridized carbons (Fsp3) is 0.0417. The summed E-state index contributed by atoms with van der Waals surface area (Å²) in [5, 5.41) is 8.16. The number of hydrogen-bond acceptors (Lipinski definition) is 5. The molecule has 1 N–H and O–H groups in total. The van der Waals surface area contributed by atoms with Gasteiger partial charge in [0.05, 0.1) is 28.6 Å². The van der Waals surface area contributed by atoms with Gasteiger partial charge in [-0.15, -0.1) is 0 Å². The number of amides is 1. The molecule has 0 fully saturated rings. The third-order valence-electron chi connectivity index (χ3n) is 4.84. The lowest BCUT2D eigenvalue weighted by Gasteiger charge is -2.02. The van der Waals surface area contributed by atoms with Crippen LogP contribution >= 0.6 is 11.3 Å². The number of benzene rings is 3. The smallest absolute Gasteiger partial charge is 0.261 e. The minimum atomic E-state index is -0.257. The maximum atomic E-state index is 13.2. The zero-order chi connectivity index (χ0) is 21.2. The predicted molar refractivity (Wildman–Crippen MR) is 123 cm³/mol. The Hall–Kier alpha value is -3.97. The largest absolute Gasteiger partial charge is 0.497 e. The van der Waals surface area contributed by atoms with E-state index >= 15 is 0 Å². The summed E-state index contributed by atoms with van der Waals surface area (Å²) in [5.74, 6) is 0.497. The van der Waals surface area contributed by atoms with E-state index in [1.807, 2.05) is 78.9 Å². The van der Waals surface area contributed by atoms with Crippen molar-refractivity contribution in [3.63, 3.8) is 0 Å². The maximum Gasteiger partial charge on any atom is 0.261 e. The van der Waals surface area contributed by atoms with Gasteiger partial charge in [0.25, 0.3) is 5.91 Å². The lowest BCUT2D eigenvalue weighted by Crippen LogP contribution is -2.12. The van der Waals surface area contributed by atoms with E-state index in [9.17, 15) is 4.79 Å². The first kappa shape index (κ1) is 19.0. The molecule has 5 rings (SSSR count). The molecule has 1 amide bonds. The van der Waals surface area contributed by atoms with Crippen LogP contribution in [0.3, 0.4) is 0 Å². The van der Waals surface area contributed by atoms with Crippen LogP contribution in [0.1, 0.15) is 10.4 Å². The molecule has 2 aromatic heterocycles. The average molecular weight is 427 g/mol. The second-order valence-corrected chi connectivity index (χ2v) is 7.87. The molecule has 3 aromatic carbocycles. The second kappa shape index (κ2) is 8.04. The Bertz CT molecular complexity index is 1360. The van der Waals surface area contributed by atoms with Gasteiger partial charge in [-0.05, 0) is 30.3 Å². The second-order valence-electron chi connectivity index (χ2n) is 6.84. The van der Waals surface area contributed by atoms with Gasteiger partial charge in [-0.1, -0.05) is 59.9 Å². The van der Waals surface area contributed by atoms with E-state index in [2.05, 4.69) is 10.3 Å². The van der Waals surface area contributed by atoms with Gasteiger partial charge in [0.15, 0.2) is 5.13 Å². The molecule has 0 radical (unpaired) electrons. The van der Waals surface area contributed by atoms with Gasteiger partial charge < -0.3 is 4.74 Å². The molecule has 152 valence electrons. The Balaban J connectivity index is 1.52. The van der Waals surface area contributed by atoms with Gasteiger partial charge in [-0.2, -0.15) is 5.10 Å². The summed E-state index contributed by atoms with van der Waals surface area (Å²) >= 11 is 1.40. The van der Waals surface area contributed by atoms with Crippen LogP contribution in [0.25, 0.3) is 27.2 Å². The van der Waals surface area contributed by atoms with Crippen LogP contribution in [-0.2, 0) is 0 Å². The number of rotatable bonds is 5. The van der Waals surface area contributed by atoms with Gasteiger partial charge in [0.1, 0.15) is 11.4 Å². The third kappa shape index (κ3) is 3.78. The number of methoxy groups -OCH3 is 1. The van der Waals surface area contributed by atoms with Crippen molar-refractivity contribution in [2.75, 3.05) is 12.4 Å². The number of carbonyl (C=O) groups is 1. The zero-order valence-electron chi connectivity index (χ0n) is 16.6. The van der Waals surface area contributed by atoms with Crippen LogP contribution in [0.2, 0.25) is 0 Å². The Kier molecular flexibility index (Phi) is 4.93. The van der Waals surface area contributed by atoms with Crippen molar-refractivity contribution >= 4 is 32.6 Å². The van der Waals surface area contributed by atoms with Crippen molar-refractivity contribution in [3.05, 3.63) is 90.6 Å². The van der Waals surface area contributed by atoms with Gasteiger partial charge in [-0.25, -0.2) is 9.67 Å². The molecular weight excluding hydrogens is 408 g/mol. The molecule has 0 bridgehead atoms. The van der Waals surface area contributed by atoms with Crippen LogP contribution in [0.15, 0.2) is 85.1 Å². The summed E-state index contributed by atoms with van der Waals surface area (Å²) in [6.45, 7) is 0. The minimum absolute atomic E-state index is 0.257. The van der Waals surface area contributed by atoms with Crippen molar-refractivity contribution in [1.82, 2.24) is 14.8 Å². The quantitative estimate of drug-likeness (QED) is 0.408. The maximum absolute atomic E-state index is 13.2. The van der Waals surface area contributed by atoms with Gasteiger partial charge in [-0.3, -0.25) is 10.1 Å². The summed E-state index contributed by atoms with van der Waals surface area (Å²) in [6.07, 6.45) is 1.75. The average Bonchev–Trinajstić information content (AvgIpc) is 3.44. The van der Waals surface area contributed by atoms with E-state index in [0.29, 0.717) is 16.4 Å². The highest BCUT2D eigenvalue weighted by molar-refractivity contribution is 7.22. The standard InChI is InChI=1S/C24H18N4O2S/c1-30-18-12-13-20-21(14-18)31-24(25-20)26-23(29)19-15-28(17-10-6-3-7-11-17)27-22(19)16-8-4-2-5-9-16/h2-15H,1H3,(H,25,26,29). The van der Waals surface area contributed by atoms with E-state index in [4.69, 9.17) is 9.84 Å². The number of hydrogen-bond donors (Lipinski definition) is 1. The van der Waals surface area contributed by atoms with E-state index in [-0.39, 0.29) is 5.91 Å². The molecule has 0 unspecified atom stereocenters. The van der Waals surface area contributed by atoms with Gasteiger partial charge in [0, 0.05) is 11.8 Å². The fourth-order valence-electron chi connectivity index (χ4n) is 3.31. The number of para-hydroxylation sites is 1. The van der Waals surface area contributed by atoms with E-state index in [1.54, 1.807) is 18.0 Å². The molecule has 0 aliphatic carbocycles. The highest BCUT2D eigenvalue weighted by Crippen LogP contribution is 2.30. The molecule has 0 spiro atoms. The summed E-state index contributed by atoms with van der Waals surface area (Å²) in [6, 6.07) is 25.0. The molecule has 0 atom stereocenters. The zero-order valence-corrected chi connectivity index (χ0v) is 17.5. The SMILES string of the molecule is COc1ccc2nc(NC(=O)c3cn(-c4ccccc4)nc3-c3ccccc3)sc2c1. The summed E-state index contributed by atoms with van der Waals surface area (Å²) in [5.41, 5.74) is 3.66. The number of aromatic nitrogens is 3. The predicted octanol–water partition coefficient (Wildman–Crippen LogP) is 5.41. The molecule has 7 heteroatoms. The Labute approximate surface area is 182 Å². The topological polar surface area (TPSA) is 69.0 Å². The number of thiazole rings is 1. The summed E-state index contributed by atoms with van der Waals surface area (Å²) < 4.78 is 7.94. The van der Waals surface area contributed by atoms with Crippen LogP contribution < -0.4 is 10.1 Å². The molecule has 0 aliphatic heterocycles. The number of carbonyl (C=O) groups excluding carboxylic acids is 1. The van der Waals surface area contributed by atoms with Crippen LogP contribution in [0, 0.1) is 0 Å². The number of nitrogens with one attached hydrogen (secondary N) is 1.